The number of rotatable bonds is 4. The van der Waals surface area contributed by atoms with E-state index in [1.807, 2.05) is 30.3 Å². The summed E-state index contributed by atoms with van der Waals surface area (Å²) in [7, 11) is 0. The molecule has 1 atom stereocenters. The number of nitrogens with zero attached hydrogens (tertiary/aromatic N) is 2. The van der Waals surface area contributed by atoms with E-state index in [4.69, 9.17) is 4.98 Å². The highest BCUT2D eigenvalue weighted by Gasteiger charge is 2.48. The Morgan fingerprint density at radius 1 is 1.14 bits per heavy atom. The second kappa shape index (κ2) is 8.34. The summed E-state index contributed by atoms with van der Waals surface area (Å²) in [6.07, 6.45) is -4.28. The molecule has 9 heteroatoms. The third kappa shape index (κ3) is 4.03. The van der Waals surface area contributed by atoms with Crippen LogP contribution in [0.3, 0.4) is 0 Å². The number of aliphatic hydroxyl groups is 1. The number of carbonyl (C=O) groups is 1. The van der Waals surface area contributed by atoms with Gasteiger partial charge in [-0.3, -0.25) is 9.59 Å². The number of H-pyrrole nitrogens is 1. The number of halogens is 3. The summed E-state index contributed by atoms with van der Waals surface area (Å²) in [5.41, 5.74) is 0.204. The van der Waals surface area contributed by atoms with Crippen molar-refractivity contribution >= 4 is 5.91 Å². The number of nitrogens with one attached hydrogen (secondary N) is 1. The van der Waals surface area contributed by atoms with Gasteiger partial charge in [-0.25, -0.2) is 4.98 Å². The van der Waals surface area contributed by atoms with E-state index in [1.165, 1.54) is 24.0 Å². The van der Waals surface area contributed by atoms with Gasteiger partial charge in [-0.1, -0.05) is 42.5 Å². The van der Waals surface area contributed by atoms with Gasteiger partial charge in [-0.2, -0.15) is 13.2 Å². The zero-order valence-corrected chi connectivity index (χ0v) is 19.0. The highest BCUT2D eigenvalue weighted by atomic mass is 19.4. The summed E-state index contributed by atoms with van der Waals surface area (Å²) in [6, 6.07) is 13.3. The molecular formula is C26H24F3N3O3. The van der Waals surface area contributed by atoms with Crippen LogP contribution in [0.15, 0.2) is 53.3 Å². The lowest BCUT2D eigenvalue weighted by atomic mass is 9.94. The zero-order valence-electron chi connectivity index (χ0n) is 19.0. The van der Waals surface area contributed by atoms with Crippen molar-refractivity contribution in [2.24, 2.45) is 0 Å². The predicted octanol–water partition coefficient (Wildman–Crippen LogP) is 3.80. The molecule has 0 bridgehead atoms. The maximum absolute atomic E-state index is 13.3. The van der Waals surface area contributed by atoms with Crippen LogP contribution in [0, 0.1) is 6.92 Å². The van der Waals surface area contributed by atoms with Crippen LogP contribution >= 0.6 is 0 Å². The molecule has 1 fully saturated rings. The lowest BCUT2D eigenvalue weighted by molar-refractivity contribution is -0.142. The summed E-state index contributed by atoms with van der Waals surface area (Å²) in [5, 5.41) is 10.7. The first kappa shape index (κ1) is 23.3. The first-order valence-electron chi connectivity index (χ1n) is 11.4. The molecule has 182 valence electrons. The molecule has 1 aliphatic heterocycles. The van der Waals surface area contributed by atoms with E-state index in [1.54, 1.807) is 0 Å². The van der Waals surface area contributed by atoms with Gasteiger partial charge in [0.15, 0.2) is 6.10 Å². The van der Waals surface area contributed by atoms with Gasteiger partial charge in [0.05, 0.1) is 28.8 Å². The number of aromatic nitrogens is 2. The molecule has 1 amide bonds. The highest BCUT2D eigenvalue weighted by molar-refractivity contribution is 5.82. The number of amides is 1. The number of aromatic amines is 1. The van der Waals surface area contributed by atoms with Gasteiger partial charge < -0.3 is 15.0 Å². The third-order valence-corrected chi connectivity index (χ3v) is 7.12. The average molecular weight is 483 g/mol. The Balaban J connectivity index is 1.40. The Labute approximate surface area is 199 Å². The topological polar surface area (TPSA) is 86.3 Å². The van der Waals surface area contributed by atoms with Crippen LogP contribution in [0.2, 0.25) is 0 Å². The quantitative estimate of drug-likeness (QED) is 0.591. The fourth-order valence-electron chi connectivity index (χ4n) is 4.95. The first-order chi connectivity index (χ1) is 16.6. The predicted molar refractivity (Wildman–Crippen MR) is 122 cm³/mol. The Morgan fingerprint density at radius 2 is 1.86 bits per heavy atom. The molecular weight excluding hydrogens is 459 g/mol. The molecule has 5 rings (SSSR count). The molecule has 2 aromatic carbocycles. The maximum Gasteiger partial charge on any atom is 0.416 e. The van der Waals surface area contributed by atoms with Gasteiger partial charge in [0.25, 0.3) is 11.5 Å². The molecule has 2 aliphatic rings. The normalized spacial score (nSPS) is 17.6. The minimum atomic E-state index is -4.59. The Bertz CT molecular complexity index is 1350. The average Bonchev–Trinajstić information content (AvgIpc) is 3.65. The van der Waals surface area contributed by atoms with E-state index in [0.717, 1.165) is 24.5 Å². The van der Waals surface area contributed by atoms with Crippen molar-refractivity contribution in [1.82, 2.24) is 14.9 Å². The molecule has 3 aromatic rings. The standard InChI is InChI=1S/C26H24F3N3O3/c1-15-17(8-5-9-19(15)26(27,28)29)21(33)23(35)32-13-10-20-18(14-32)22(34)31-24(30-20)25(11-12-25)16-6-3-2-4-7-16/h2-9,21,33H,10-14H2,1H3,(H,30,31,34). The highest BCUT2D eigenvalue weighted by Crippen LogP contribution is 2.52. The van der Waals surface area contributed by atoms with E-state index in [2.05, 4.69) is 4.98 Å². The van der Waals surface area contributed by atoms with Crippen LogP contribution in [0.25, 0.3) is 0 Å². The number of benzene rings is 2. The summed E-state index contributed by atoms with van der Waals surface area (Å²) < 4.78 is 39.8. The van der Waals surface area contributed by atoms with Crippen molar-refractivity contribution in [2.75, 3.05) is 6.54 Å². The number of hydrogen-bond donors (Lipinski definition) is 2. The summed E-state index contributed by atoms with van der Waals surface area (Å²) >= 11 is 0. The van der Waals surface area contributed by atoms with Gasteiger partial charge in [0.1, 0.15) is 5.82 Å². The van der Waals surface area contributed by atoms with E-state index in [9.17, 15) is 27.9 Å². The second-order valence-electron chi connectivity index (χ2n) is 9.22. The third-order valence-electron chi connectivity index (χ3n) is 7.12. The minimum absolute atomic E-state index is 0.0653. The number of hydrogen-bond acceptors (Lipinski definition) is 4. The van der Waals surface area contributed by atoms with Crippen LogP contribution in [0.4, 0.5) is 13.2 Å². The fraction of sp³-hybridized carbons (Fsp3) is 0.346. The van der Waals surface area contributed by atoms with Crippen LogP contribution in [0.1, 0.15) is 58.3 Å². The van der Waals surface area contributed by atoms with Crippen LogP contribution in [-0.4, -0.2) is 32.4 Å². The molecule has 0 spiro atoms. The lowest BCUT2D eigenvalue weighted by Crippen LogP contribution is -2.42. The molecule has 0 radical (unpaired) electrons. The van der Waals surface area contributed by atoms with E-state index in [-0.39, 0.29) is 35.2 Å². The Morgan fingerprint density at radius 3 is 2.51 bits per heavy atom. The van der Waals surface area contributed by atoms with Crippen LogP contribution in [0.5, 0.6) is 0 Å². The second-order valence-corrected chi connectivity index (χ2v) is 9.22. The maximum atomic E-state index is 13.3. The summed E-state index contributed by atoms with van der Waals surface area (Å²) in [6.45, 7) is 1.37. The molecule has 1 saturated carbocycles. The van der Waals surface area contributed by atoms with Crippen molar-refractivity contribution in [3.63, 3.8) is 0 Å². The number of aliphatic hydroxyl groups excluding tert-OH is 1. The van der Waals surface area contributed by atoms with Crippen LogP contribution in [-0.2, 0) is 29.4 Å². The van der Waals surface area contributed by atoms with Gasteiger partial charge in [0.2, 0.25) is 0 Å². The van der Waals surface area contributed by atoms with Crippen molar-refractivity contribution < 1.29 is 23.1 Å². The molecule has 6 nitrogen and oxygen atoms in total. The molecule has 1 aromatic heterocycles. The molecule has 1 aliphatic carbocycles. The number of alkyl halides is 3. The van der Waals surface area contributed by atoms with E-state index >= 15 is 0 Å². The first-order valence-corrected chi connectivity index (χ1v) is 11.4. The van der Waals surface area contributed by atoms with Crippen molar-refractivity contribution in [3.05, 3.63) is 98.2 Å². The Kier molecular flexibility index (Phi) is 5.55. The van der Waals surface area contributed by atoms with Crippen molar-refractivity contribution in [2.45, 2.75) is 50.4 Å². The van der Waals surface area contributed by atoms with Crippen molar-refractivity contribution in [1.29, 1.82) is 0 Å². The molecule has 35 heavy (non-hydrogen) atoms. The lowest BCUT2D eigenvalue weighted by Gasteiger charge is -2.30. The monoisotopic (exact) mass is 483 g/mol. The van der Waals surface area contributed by atoms with E-state index < -0.39 is 23.8 Å². The molecule has 1 unspecified atom stereocenters. The van der Waals surface area contributed by atoms with Gasteiger partial charge in [-0.05, 0) is 42.5 Å². The molecule has 2 N–H and O–H groups in total. The minimum Gasteiger partial charge on any atom is -0.378 e. The van der Waals surface area contributed by atoms with Crippen LogP contribution < -0.4 is 5.56 Å². The van der Waals surface area contributed by atoms with Gasteiger partial charge in [-0.15, -0.1) is 0 Å². The SMILES string of the molecule is Cc1c(C(O)C(=O)N2CCc3nc(C4(c5ccccc5)CC4)[nH]c(=O)c3C2)cccc1C(F)(F)F. The fourth-order valence-corrected chi connectivity index (χ4v) is 4.95. The summed E-state index contributed by atoms with van der Waals surface area (Å²) in [4.78, 5) is 35.0. The summed E-state index contributed by atoms with van der Waals surface area (Å²) in [5.74, 6) is -0.128. The molecule has 2 heterocycles. The smallest absolute Gasteiger partial charge is 0.378 e. The van der Waals surface area contributed by atoms with Crippen molar-refractivity contribution in [3.8, 4) is 0 Å². The number of fused-ring (bicyclic) bond motifs is 1. The largest absolute Gasteiger partial charge is 0.416 e. The number of carbonyl (C=O) groups excluding carboxylic acids is 1. The van der Waals surface area contributed by atoms with E-state index in [0.29, 0.717) is 23.5 Å². The van der Waals surface area contributed by atoms with Gasteiger partial charge in [0, 0.05) is 13.0 Å². The Hall–Kier alpha value is -3.46. The zero-order chi connectivity index (χ0) is 25.0. The van der Waals surface area contributed by atoms with Gasteiger partial charge >= 0.3 is 6.18 Å². The molecule has 0 saturated heterocycles.